The van der Waals surface area contributed by atoms with Gasteiger partial charge in [0.05, 0.1) is 19.0 Å². The van der Waals surface area contributed by atoms with E-state index in [0.717, 1.165) is 23.4 Å². The molecule has 0 aliphatic carbocycles. The van der Waals surface area contributed by atoms with Crippen molar-refractivity contribution in [2.24, 2.45) is 0 Å². The molecular weight excluding hydrogens is 224 g/mol. The van der Waals surface area contributed by atoms with E-state index in [1.165, 1.54) is 18.4 Å². The molecule has 1 heterocycles. The van der Waals surface area contributed by atoms with Crippen LogP contribution in [0.25, 0.3) is 11.3 Å². The molecule has 2 aromatic rings. The molecule has 0 spiro atoms. The van der Waals surface area contributed by atoms with Crippen molar-refractivity contribution in [3.05, 3.63) is 42.4 Å². The molecule has 0 bridgehead atoms. The molecule has 94 valence electrons. The third kappa shape index (κ3) is 2.67. The van der Waals surface area contributed by atoms with Crippen molar-refractivity contribution in [2.45, 2.75) is 26.2 Å². The molecule has 0 aliphatic rings. The number of ether oxygens (including phenoxy) is 1. The second-order valence-corrected chi connectivity index (χ2v) is 4.19. The fourth-order valence-corrected chi connectivity index (χ4v) is 2.04. The highest BCUT2D eigenvalue weighted by Crippen LogP contribution is 2.32. The van der Waals surface area contributed by atoms with Crippen LogP contribution < -0.4 is 4.74 Å². The minimum Gasteiger partial charge on any atom is -0.496 e. The molecule has 3 nitrogen and oxygen atoms in total. The Kier molecular flexibility index (Phi) is 4.29. The second-order valence-electron chi connectivity index (χ2n) is 4.19. The summed E-state index contributed by atoms with van der Waals surface area (Å²) in [6.07, 6.45) is 8.57. The number of nitrogens with zero attached hydrogens (tertiary/aromatic N) is 2. The van der Waals surface area contributed by atoms with Gasteiger partial charge in [-0.2, -0.15) is 0 Å². The minimum atomic E-state index is 0.865. The molecule has 3 heteroatoms. The first-order chi connectivity index (χ1) is 8.86. The Morgan fingerprint density at radius 2 is 2.11 bits per heavy atom. The maximum absolute atomic E-state index is 5.45. The highest BCUT2D eigenvalue weighted by atomic mass is 16.5. The van der Waals surface area contributed by atoms with Crippen LogP contribution in [0.1, 0.15) is 25.3 Å². The zero-order valence-corrected chi connectivity index (χ0v) is 10.9. The second kappa shape index (κ2) is 6.15. The molecule has 0 saturated carbocycles. The normalized spacial score (nSPS) is 10.3. The summed E-state index contributed by atoms with van der Waals surface area (Å²) < 4.78 is 5.45. The molecule has 18 heavy (non-hydrogen) atoms. The van der Waals surface area contributed by atoms with E-state index in [9.17, 15) is 0 Å². The maximum atomic E-state index is 5.45. The van der Waals surface area contributed by atoms with Crippen molar-refractivity contribution < 1.29 is 4.74 Å². The lowest BCUT2D eigenvalue weighted by atomic mass is 9.99. The van der Waals surface area contributed by atoms with Crippen LogP contribution in [-0.4, -0.2) is 17.1 Å². The van der Waals surface area contributed by atoms with Crippen molar-refractivity contribution in [3.63, 3.8) is 0 Å². The first kappa shape index (κ1) is 12.6. The van der Waals surface area contributed by atoms with Gasteiger partial charge in [-0.15, -0.1) is 0 Å². The fourth-order valence-electron chi connectivity index (χ4n) is 2.04. The highest BCUT2D eigenvalue weighted by Gasteiger charge is 2.12. The van der Waals surface area contributed by atoms with Crippen molar-refractivity contribution in [1.29, 1.82) is 0 Å². The molecule has 1 aromatic heterocycles. The molecule has 0 unspecified atom stereocenters. The van der Waals surface area contributed by atoms with Gasteiger partial charge in [-0.3, -0.25) is 9.97 Å². The zero-order chi connectivity index (χ0) is 12.8. The predicted octanol–water partition coefficient (Wildman–Crippen LogP) is 3.49. The SMILES string of the molecule is CCCCc1cccc(OC)c1-c1cnccn1. The van der Waals surface area contributed by atoms with Crippen LogP contribution >= 0.6 is 0 Å². The van der Waals surface area contributed by atoms with Gasteiger partial charge in [0.1, 0.15) is 5.75 Å². The Bertz CT molecular complexity index is 497. The van der Waals surface area contributed by atoms with Crippen LogP contribution in [0, 0.1) is 0 Å². The van der Waals surface area contributed by atoms with Crippen molar-refractivity contribution in [1.82, 2.24) is 9.97 Å². The van der Waals surface area contributed by atoms with E-state index in [1.54, 1.807) is 25.7 Å². The fraction of sp³-hybridized carbons (Fsp3) is 0.333. The average Bonchev–Trinajstić information content (AvgIpc) is 2.45. The van der Waals surface area contributed by atoms with Gasteiger partial charge in [0.15, 0.2) is 0 Å². The van der Waals surface area contributed by atoms with E-state index in [4.69, 9.17) is 4.74 Å². The molecule has 0 amide bonds. The number of methoxy groups -OCH3 is 1. The number of benzene rings is 1. The van der Waals surface area contributed by atoms with Crippen molar-refractivity contribution >= 4 is 0 Å². The van der Waals surface area contributed by atoms with Crippen LogP contribution in [0.2, 0.25) is 0 Å². The van der Waals surface area contributed by atoms with Crippen LogP contribution in [0.5, 0.6) is 5.75 Å². The van der Waals surface area contributed by atoms with E-state index in [0.29, 0.717) is 0 Å². The monoisotopic (exact) mass is 242 g/mol. The largest absolute Gasteiger partial charge is 0.496 e. The highest BCUT2D eigenvalue weighted by molar-refractivity contribution is 5.70. The Hall–Kier alpha value is -1.90. The maximum Gasteiger partial charge on any atom is 0.128 e. The summed E-state index contributed by atoms with van der Waals surface area (Å²) in [5.74, 6) is 0.865. The van der Waals surface area contributed by atoms with E-state index in [1.807, 2.05) is 12.1 Å². The summed E-state index contributed by atoms with van der Waals surface area (Å²) in [6, 6.07) is 6.14. The van der Waals surface area contributed by atoms with Gasteiger partial charge >= 0.3 is 0 Å². The number of aromatic nitrogens is 2. The number of hydrogen-bond donors (Lipinski definition) is 0. The number of rotatable bonds is 5. The molecular formula is C15H18N2O. The summed E-state index contributed by atoms with van der Waals surface area (Å²) in [5, 5.41) is 0. The Morgan fingerprint density at radius 1 is 1.22 bits per heavy atom. The Morgan fingerprint density at radius 3 is 2.78 bits per heavy atom. The molecule has 0 aliphatic heterocycles. The molecule has 2 rings (SSSR count). The smallest absolute Gasteiger partial charge is 0.128 e. The predicted molar refractivity (Wildman–Crippen MR) is 72.6 cm³/mol. The number of hydrogen-bond acceptors (Lipinski definition) is 3. The van der Waals surface area contributed by atoms with Gasteiger partial charge in [0, 0.05) is 18.0 Å². The van der Waals surface area contributed by atoms with Crippen LogP contribution in [0.3, 0.4) is 0 Å². The standard InChI is InChI=1S/C15H18N2O/c1-3-4-6-12-7-5-8-14(18-2)15(12)13-11-16-9-10-17-13/h5,7-11H,3-4,6H2,1-2H3. The van der Waals surface area contributed by atoms with E-state index < -0.39 is 0 Å². The van der Waals surface area contributed by atoms with Gasteiger partial charge in [-0.25, -0.2) is 0 Å². The molecule has 0 atom stereocenters. The molecule has 0 saturated heterocycles. The van der Waals surface area contributed by atoms with Gasteiger partial charge in [-0.1, -0.05) is 25.5 Å². The number of aryl methyl sites for hydroxylation is 1. The molecule has 1 aromatic carbocycles. The summed E-state index contributed by atoms with van der Waals surface area (Å²) in [4.78, 5) is 8.52. The van der Waals surface area contributed by atoms with Gasteiger partial charge < -0.3 is 4.74 Å². The van der Waals surface area contributed by atoms with Crippen molar-refractivity contribution in [2.75, 3.05) is 7.11 Å². The van der Waals surface area contributed by atoms with Crippen LogP contribution in [0.4, 0.5) is 0 Å². The molecule has 0 N–H and O–H groups in total. The Balaban J connectivity index is 2.47. The van der Waals surface area contributed by atoms with Crippen molar-refractivity contribution in [3.8, 4) is 17.0 Å². The summed E-state index contributed by atoms with van der Waals surface area (Å²) in [6.45, 7) is 2.20. The van der Waals surface area contributed by atoms with Gasteiger partial charge in [-0.05, 0) is 24.5 Å². The molecule has 0 radical (unpaired) electrons. The van der Waals surface area contributed by atoms with Gasteiger partial charge in [0.2, 0.25) is 0 Å². The van der Waals surface area contributed by atoms with E-state index in [-0.39, 0.29) is 0 Å². The minimum absolute atomic E-state index is 0.865. The van der Waals surface area contributed by atoms with Crippen LogP contribution in [-0.2, 0) is 6.42 Å². The lowest BCUT2D eigenvalue weighted by Gasteiger charge is -2.12. The quantitative estimate of drug-likeness (QED) is 0.805. The first-order valence-corrected chi connectivity index (χ1v) is 6.29. The average molecular weight is 242 g/mol. The zero-order valence-electron chi connectivity index (χ0n) is 10.9. The van der Waals surface area contributed by atoms with E-state index >= 15 is 0 Å². The van der Waals surface area contributed by atoms with Gasteiger partial charge in [0.25, 0.3) is 0 Å². The Labute approximate surface area is 108 Å². The first-order valence-electron chi connectivity index (χ1n) is 6.29. The van der Waals surface area contributed by atoms with E-state index in [2.05, 4.69) is 23.0 Å². The van der Waals surface area contributed by atoms with Crippen LogP contribution in [0.15, 0.2) is 36.8 Å². The molecule has 0 fully saturated rings. The summed E-state index contributed by atoms with van der Waals surface area (Å²) in [7, 11) is 1.69. The summed E-state index contributed by atoms with van der Waals surface area (Å²) in [5.41, 5.74) is 3.22. The lowest BCUT2D eigenvalue weighted by Crippen LogP contribution is -1.96. The number of unbranched alkanes of at least 4 members (excludes halogenated alkanes) is 1. The summed E-state index contributed by atoms with van der Waals surface area (Å²) >= 11 is 0. The topological polar surface area (TPSA) is 35.0 Å². The third-order valence-electron chi connectivity index (χ3n) is 2.95. The third-order valence-corrected chi connectivity index (χ3v) is 2.95. The lowest BCUT2D eigenvalue weighted by molar-refractivity contribution is 0.415.